The van der Waals surface area contributed by atoms with E-state index in [0.717, 1.165) is 18.5 Å². The van der Waals surface area contributed by atoms with E-state index in [2.05, 4.69) is 22.1 Å². The highest BCUT2D eigenvalue weighted by atomic mass is 35.5. The third kappa shape index (κ3) is 4.44. The molecular weight excluding hydrogens is 370 g/mol. The number of thiophene rings is 1. The van der Waals surface area contributed by atoms with E-state index in [4.69, 9.17) is 0 Å². The van der Waals surface area contributed by atoms with Crippen molar-refractivity contribution in [2.45, 2.75) is 26.3 Å². The van der Waals surface area contributed by atoms with Gasteiger partial charge in [-0.2, -0.15) is 0 Å². The summed E-state index contributed by atoms with van der Waals surface area (Å²) in [5.74, 6) is -0.0244. The summed E-state index contributed by atoms with van der Waals surface area (Å²) in [6, 6.07) is 7.61. The average Bonchev–Trinajstić information content (AvgIpc) is 3.09. The molecule has 0 saturated heterocycles. The highest BCUT2D eigenvalue weighted by molar-refractivity contribution is 7.10. The molecule has 26 heavy (non-hydrogen) atoms. The lowest BCUT2D eigenvalue weighted by molar-refractivity contribution is -0.116. The normalized spacial score (nSPS) is 12.9. The number of hydrogen-bond acceptors (Lipinski definition) is 4. The van der Waals surface area contributed by atoms with E-state index >= 15 is 0 Å². The number of halogens is 1. The fraction of sp³-hybridized carbons (Fsp3) is 0.368. The first kappa shape index (κ1) is 20.4. The monoisotopic (exact) mass is 393 g/mol. The second-order valence-electron chi connectivity index (χ2n) is 6.23. The Kier molecular flexibility index (Phi) is 7.20. The van der Waals surface area contributed by atoms with Crippen LogP contribution in [-0.2, 0) is 17.8 Å². The molecule has 3 rings (SSSR count). The average molecular weight is 394 g/mol. The first-order valence-electron chi connectivity index (χ1n) is 8.48. The van der Waals surface area contributed by atoms with Crippen LogP contribution in [0.15, 0.2) is 29.6 Å². The summed E-state index contributed by atoms with van der Waals surface area (Å²) in [6.45, 7) is 3.92. The van der Waals surface area contributed by atoms with Crippen molar-refractivity contribution in [1.82, 2.24) is 10.2 Å². The summed E-state index contributed by atoms with van der Waals surface area (Å²) in [7, 11) is 1.81. The van der Waals surface area contributed by atoms with Gasteiger partial charge in [-0.15, -0.1) is 23.7 Å². The summed E-state index contributed by atoms with van der Waals surface area (Å²) in [5, 5.41) is 7.95. The zero-order chi connectivity index (χ0) is 17.8. The topological polar surface area (TPSA) is 61.4 Å². The van der Waals surface area contributed by atoms with E-state index < -0.39 is 0 Å². The van der Waals surface area contributed by atoms with Crippen molar-refractivity contribution in [2.75, 3.05) is 25.5 Å². The Bertz CT molecular complexity index is 791. The maximum absolute atomic E-state index is 13.0. The molecule has 0 radical (unpaired) electrons. The molecule has 2 N–H and O–H groups in total. The molecule has 7 heteroatoms. The third-order valence-electron chi connectivity index (χ3n) is 4.54. The quantitative estimate of drug-likeness (QED) is 0.819. The highest BCUT2D eigenvalue weighted by Crippen LogP contribution is 2.27. The van der Waals surface area contributed by atoms with Crippen molar-refractivity contribution >= 4 is 41.2 Å². The van der Waals surface area contributed by atoms with Gasteiger partial charge in [0.05, 0.1) is 0 Å². The van der Waals surface area contributed by atoms with E-state index in [1.165, 1.54) is 10.4 Å². The molecule has 0 atom stereocenters. The number of nitrogens with one attached hydrogen (secondary N) is 2. The predicted molar refractivity (Wildman–Crippen MR) is 108 cm³/mol. The van der Waals surface area contributed by atoms with Gasteiger partial charge < -0.3 is 15.5 Å². The molecule has 1 aromatic carbocycles. The maximum Gasteiger partial charge on any atom is 0.254 e. The largest absolute Gasteiger partial charge is 0.334 e. The Hall–Kier alpha value is -1.89. The molecule has 0 bridgehead atoms. The minimum atomic E-state index is -0.0528. The van der Waals surface area contributed by atoms with Crippen molar-refractivity contribution in [3.8, 4) is 0 Å². The molecule has 0 spiro atoms. The molecule has 1 aliphatic heterocycles. The van der Waals surface area contributed by atoms with Crippen LogP contribution in [0.25, 0.3) is 0 Å². The first-order valence-corrected chi connectivity index (χ1v) is 9.36. The van der Waals surface area contributed by atoms with Crippen molar-refractivity contribution in [1.29, 1.82) is 0 Å². The van der Waals surface area contributed by atoms with Crippen molar-refractivity contribution in [2.24, 2.45) is 0 Å². The van der Waals surface area contributed by atoms with Gasteiger partial charge in [-0.25, -0.2) is 0 Å². The standard InChI is InChI=1S/C19H23N3O2S.ClH/c1-13-15(4-3-5-16(13)21-18(23)6-9-20-2)19(24)22-10-7-17-14(12-22)8-11-25-17;/h3-5,8,11,20H,6-7,9-10,12H2,1-2H3,(H,21,23);1H. The number of rotatable bonds is 5. The Labute approximate surface area is 164 Å². The first-order chi connectivity index (χ1) is 12.1. The van der Waals surface area contributed by atoms with Crippen molar-refractivity contribution < 1.29 is 9.59 Å². The number of anilines is 1. The second-order valence-corrected chi connectivity index (χ2v) is 7.23. The van der Waals surface area contributed by atoms with Crippen LogP contribution in [0.4, 0.5) is 5.69 Å². The minimum absolute atomic E-state index is 0. The number of carbonyl (C=O) groups is 2. The Morgan fingerprint density at radius 2 is 2.08 bits per heavy atom. The van der Waals surface area contributed by atoms with Gasteiger partial charge in [-0.1, -0.05) is 6.07 Å². The smallest absolute Gasteiger partial charge is 0.254 e. The number of hydrogen-bond donors (Lipinski definition) is 2. The summed E-state index contributed by atoms with van der Waals surface area (Å²) in [4.78, 5) is 28.2. The SMILES string of the molecule is CNCCC(=O)Nc1cccc(C(=O)N2CCc3sccc3C2)c1C.Cl. The summed E-state index contributed by atoms with van der Waals surface area (Å²) in [6.07, 6.45) is 1.32. The molecule has 0 fully saturated rings. The van der Waals surface area contributed by atoms with Gasteiger partial charge in [0.15, 0.2) is 0 Å². The fourth-order valence-electron chi connectivity index (χ4n) is 3.05. The molecule has 5 nitrogen and oxygen atoms in total. The summed E-state index contributed by atoms with van der Waals surface area (Å²) in [5.41, 5.74) is 3.44. The van der Waals surface area contributed by atoms with Crippen LogP contribution in [-0.4, -0.2) is 36.9 Å². The molecule has 0 saturated carbocycles. The molecule has 2 amide bonds. The number of fused-ring (bicyclic) bond motifs is 1. The lowest BCUT2D eigenvalue weighted by Crippen LogP contribution is -2.35. The molecule has 0 unspecified atom stereocenters. The number of nitrogens with zero attached hydrogens (tertiary/aromatic N) is 1. The van der Waals surface area contributed by atoms with Gasteiger partial charge in [0.2, 0.25) is 5.91 Å². The summed E-state index contributed by atoms with van der Waals surface area (Å²) >= 11 is 1.76. The van der Waals surface area contributed by atoms with Gasteiger partial charge >= 0.3 is 0 Å². The van der Waals surface area contributed by atoms with E-state index in [-0.39, 0.29) is 24.2 Å². The summed E-state index contributed by atoms with van der Waals surface area (Å²) < 4.78 is 0. The van der Waals surface area contributed by atoms with Crippen molar-refractivity contribution in [3.05, 3.63) is 51.2 Å². The van der Waals surface area contributed by atoms with Gasteiger partial charge in [0.1, 0.15) is 0 Å². The molecule has 0 aliphatic carbocycles. The zero-order valence-corrected chi connectivity index (χ0v) is 16.6. The van der Waals surface area contributed by atoms with Gasteiger partial charge in [0.25, 0.3) is 5.91 Å². The second kappa shape index (κ2) is 9.16. The van der Waals surface area contributed by atoms with Crippen LogP contribution in [0.3, 0.4) is 0 Å². The Morgan fingerprint density at radius 1 is 1.27 bits per heavy atom. The molecule has 1 aliphatic rings. The highest BCUT2D eigenvalue weighted by Gasteiger charge is 2.24. The van der Waals surface area contributed by atoms with E-state index in [9.17, 15) is 9.59 Å². The molecule has 2 aromatic rings. The van der Waals surface area contributed by atoms with Gasteiger partial charge in [-0.05, 0) is 55.1 Å². The van der Waals surface area contributed by atoms with Crippen molar-refractivity contribution in [3.63, 3.8) is 0 Å². The lowest BCUT2D eigenvalue weighted by atomic mass is 10.0. The third-order valence-corrected chi connectivity index (χ3v) is 5.56. The number of benzene rings is 1. The molecule has 140 valence electrons. The number of carbonyl (C=O) groups excluding carboxylic acids is 2. The van der Waals surface area contributed by atoms with Gasteiger partial charge in [0, 0.05) is 42.2 Å². The Morgan fingerprint density at radius 3 is 2.85 bits per heavy atom. The van der Waals surface area contributed by atoms with Crippen LogP contribution in [0, 0.1) is 6.92 Å². The van der Waals surface area contributed by atoms with E-state index in [1.54, 1.807) is 11.3 Å². The van der Waals surface area contributed by atoms with Crippen LogP contribution < -0.4 is 10.6 Å². The minimum Gasteiger partial charge on any atom is -0.334 e. The van der Waals surface area contributed by atoms with Crippen LogP contribution in [0.2, 0.25) is 0 Å². The van der Waals surface area contributed by atoms with Crippen LogP contribution in [0.5, 0.6) is 0 Å². The van der Waals surface area contributed by atoms with Crippen LogP contribution >= 0.6 is 23.7 Å². The number of amides is 2. The Balaban J connectivity index is 0.00000243. The van der Waals surface area contributed by atoms with Gasteiger partial charge in [-0.3, -0.25) is 9.59 Å². The van der Waals surface area contributed by atoms with E-state index in [0.29, 0.717) is 30.8 Å². The maximum atomic E-state index is 13.0. The molecular formula is C19H24ClN3O2S. The zero-order valence-electron chi connectivity index (χ0n) is 15.0. The van der Waals surface area contributed by atoms with E-state index in [1.807, 2.05) is 37.1 Å². The molecule has 1 aromatic heterocycles. The predicted octanol–water partition coefficient (Wildman–Crippen LogP) is 3.22. The van der Waals surface area contributed by atoms with Crippen LogP contribution in [0.1, 0.15) is 32.8 Å². The fourth-order valence-corrected chi connectivity index (χ4v) is 3.94. The molecule has 2 heterocycles. The lowest BCUT2D eigenvalue weighted by Gasteiger charge is -2.28.